The van der Waals surface area contributed by atoms with E-state index in [1.807, 2.05) is 78.9 Å². The number of hydrogen-bond acceptors (Lipinski definition) is 4. The maximum Gasteiger partial charge on any atom is 0.320 e. The lowest BCUT2D eigenvalue weighted by Crippen LogP contribution is -2.52. The molecule has 6 nitrogen and oxygen atoms in total. The van der Waals surface area contributed by atoms with E-state index in [0.29, 0.717) is 6.61 Å². The molecule has 0 aliphatic carbocycles. The van der Waals surface area contributed by atoms with Crippen molar-refractivity contribution in [1.82, 2.24) is 5.32 Å². The molecule has 3 N–H and O–H groups in total. The van der Waals surface area contributed by atoms with E-state index in [1.54, 1.807) is 12.0 Å². The van der Waals surface area contributed by atoms with Gasteiger partial charge in [-0.2, -0.15) is 0 Å². The highest BCUT2D eigenvalue weighted by Gasteiger charge is 2.25. The van der Waals surface area contributed by atoms with Gasteiger partial charge in [0.1, 0.15) is 18.1 Å². The number of carbonyl (C=O) groups is 1. The number of hydrogen-bond donors (Lipinski definition) is 2. The summed E-state index contributed by atoms with van der Waals surface area (Å²) in [5.41, 5.74) is 8.77. The van der Waals surface area contributed by atoms with E-state index in [-0.39, 0.29) is 29.2 Å². The summed E-state index contributed by atoms with van der Waals surface area (Å²) >= 11 is 0. The van der Waals surface area contributed by atoms with Crippen molar-refractivity contribution in [1.29, 1.82) is 0 Å². The van der Waals surface area contributed by atoms with E-state index in [4.69, 9.17) is 15.2 Å². The molecule has 35 heavy (non-hydrogen) atoms. The maximum atomic E-state index is 12.6. The van der Waals surface area contributed by atoms with E-state index >= 15 is 0 Å². The molecule has 0 aromatic heterocycles. The van der Waals surface area contributed by atoms with Crippen LogP contribution >= 0.6 is 17.0 Å². The van der Waals surface area contributed by atoms with Gasteiger partial charge < -0.3 is 15.2 Å². The molecule has 0 radical (unpaired) electrons. The molecule has 2 atom stereocenters. The molecule has 0 aliphatic heterocycles. The molecule has 3 rings (SSSR count). The number of anilines is 1. The minimum absolute atomic E-state index is 0. The summed E-state index contributed by atoms with van der Waals surface area (Å²) in [6, 6.07) is 24.9. The third kappa shape index (κ3) is 8.30. The fourth-order valence-electron chi connectivity index (χ4n) is 3.88. The summed E-state index contributed by atoms with van der Waals surface area (Å²) in [6.45, 7) is 4.70. The van der Waals surface area contributed by atoms with Crippen LogP contribution in [0.25, 0.3) is 0 Å². The number of unbranched alkanes of at least 4 members (excludes halogenated alkanes) is 1. The molecule has 7 heteroatoms. The van der Waals surface area contributed by atoms with Crippen molar-refractivity contribution < 1.29 is 14.3 Å². The number of benzene rings is 3. The highest BCUT2D eigenvalue weighted by Crippen LogP contribution is 2.26. The number of nitrogens with two attached hydrogens (primary N) is 1. The lowest BCUT2D eigenvalue weighted by atomic mass is 10.1. The topological polar surface area (TPSA) is 76.8 Å². The maximum absolute atomic E-state index is 12.6. The zero-order valence-electron chi connectivity index (χ0n) is 20.6. The van der Waals surface area contributed by atoms with Gasteiger partial charge in [0.15, 0.2) is 0 Å². The van der Waals surface area contributed by atoms with Gasteiger partial charge in [0, 0.05) is 11.7 Å². The molecular weight excluding hydrogens is 506 g/mol. The molecule has 2 amide bonds. The Labute approximate surface area is 219 Å². The van der Waals surface area contributed by atoms with Gasteiger partial charge in [-0.25, -0.2) is 4.79 Å². The number of amides is 2. The molecule has 3 aromatic rings. The Morgan fingerprint density at radius 1 is 1.00 bits per heavy atom. The van der Waals surface area contributed by atoms with Gasteiger partial charge in [-0.15, -0.1) is 17.0 Å². The molecular formula is C28H36BrN3O3. The van der Waals surface area contributed by atoms with E-state index in [1.165, 1.54) is 0 Å². The average molecular weight is 543 g/mol. The Morgan fingerprint density at radius 3 is 2.34 bits per heavy atom. The van der Waals surface area contributed by atoms with Crippen LogP contribution in [-0.2, 0) is 6.61 Å². The first-order valence-electron chi connectivity index (χ1n) is 11.8. The molecule has 0 heterocycles. The van der Waals surface area contributed by atoms with Crippen LogP contribution < -0.4 is 25.4 Å². The Balaban J connectivity index is 0.00000432. The summed E-state index contributed by atoms with van der Waals surface area (Å²) < 4.78 is 11.3. The number of methoxy groups -OCH3 is 1. The number of ether oxygens (including phenoxy) is 2. The molecule has 188 valence electrons. The second-order valence-electron chi connectivity index (χ2n) is 8.30. The largest absolute Gasteiger partial charge is 0.497 e. The number of halogens is 1. The minimum Gasteiger partial charge on any atom is -0.497 e. The molecule has 0 aliphatic rings. The normalized spacial score (nSPS) is 12.2. The van der Waals surface area contributed by atoms with Crippen LogP contribution in [0.4, 0.5) is 10.5 Å². The van der Waals surface area contributed by atoms with E-state index in [0.717, 1.165) is 47.6 Å². The second-order valence-corrected chi connectivity index (χ2v) is 8.30. The second kappa shape index (κ2) is 14.4. The summed E-state index contributed by atoms with van der Waals surface area (Å²) in [7, 11) is 1.66. The lowest BCUT2D eigenvalue weighted by molar-refractivity contribution is 0.248. The smallest absolute Gasteiger partial charge is 0.320 e. The van der Waals surface area contributed by atoms with Crippen molar-refractivity contribution in [2.45, 2.75) is 51.9 Å². The van der Waals surface area contributed by atoms with Crippen molar-refractivity contribution in [3.05, 3.63) is 90.0 Å². The summed E-state index contributed by atoms with van der Waals surface area (Å²) in [5, 5.41) is 3.60. The minimum atomic E-state index is -0.496. The van der Waals surface area contributed by atoms with Gasteiger partial charge in [0.05, 0.1) is 13.3 Å². The van der Waals surface area contributed by atoms with Crippen molar-refractivity contribution in [3.63, 3.8) is 0 Å². The summed E-state index contributed by atoms with van der Waals surface area (Å²) in [5.74, 6) is 1.54. The zero-order chi connectivity index (χ0) is 24.3. The number of nitrogens with zero attached hydrogens (tertiary/aromatic N) is 1. The van der Waals surface area contributed by atoms with Gasteiger partial charge in [-0.3, -0.25) is 10.2 Å². The van der Waals surface area contributed by atoms with Crippen LogP contribution in [0.15, 0.2) is 78.9 Å². The monoisotopic (exact) mass is 541 g/mol. The first-order valence-corrected chi connectivity index (χ1v) is 11.8. The van der Waals surface area contributed by atoms with Crippen molar-refractivity contribution in [2.75, 3.05) is 12.0 Å². The highest BCUT2D eigenvalue weighted by molar-refractivity contribution is 8.93. The fourth-order valence-corrected chi connectivity index (χ4v) is 3.88. The van der Waals surface area contributed by atoms with Crippen LogP contribution in [0, 0.1) is 0 Å². The summed E-state index contributed by atoms with van der Waals surface area (Å²) in [6.07, 6.45) is 2.50. The van der Waals surface area contributed by atoms with Crippen LogP contribution in [0.5, 0.6) is 11.5 Å². The number of primary amides is 1. The van der Waals surface area contributed by atoms with Gasteiger partial charge >= 0.3 is 6.03 Å². The molecule has 0 spiro atoms. The van der Waals surface area contributed by atoms with Gasteiger partial charge in [-0.1, -0.05) is 62.2 Å². The lowest BCUT2D eigenvalue weighted by Gasteiger charge is -2.34. The van der Waals surface area contributed by atoms with E-state index in [2.05, 4.69) is 19.2 Å². The molecule has 0 bridgehead atoms. The van der Waals surface area contributed by atoms with Gasteiger partial charge in [-0.05, 0) is 60.9 Å². The number of urea groups is 1. The number of rotatable bonds is 12. The average Bonchev–Trinajstić information content (AvgIpc) is 2.87. The Bertz CT molecular complexity index is 1030. The van der Waals surface area contributed by atoms with Crippen LogP contribution in [-0.4, -0.2) is 19.3 Å². The molecule has 2 unspecified atom stereocenters. The quantitative estimate of drug-likeness (QED) is 0.253. The van der Waals surface area contributed by atoms with Gasteiger partial charge in [0.2, 0.25) is 0 Å². The van der Waals surface area contributed by atoms with Crippen LogP contribution in [0.1, 0.15) is 50.3 Å². The van der Waals surface area contributed by atoms with Crippen LogP contribution in [0.2, 0.25) is 0 Å². The predicted molar refractivity (Wildman–Crippen MR) is 147 cm³/mol. The van der Waals surface area contributed by atoms with Gasteiger partial charge in [0.25, 0.3) is 0 Å². The standard InChI is InChI=1S/C28H35N3O3.BrH/c1-4-5-14-27(30-21(2)23-12-9-13-26(19-23)33-3)31(28(29)32)24-15-17-25(18-16-24)34-20-22-10-7-6-8-11-22;/h6-13,15-19,21,27,30H,4-5,14,20H2,1-3H3,(H2,29,32);1H. The number of carbonyl (C=O) groups excluding carboxylic acids is 1. The van der Waals surface area contributed by atoms with Crippen molar-refractivity contribution in [2.24, 2.45) is 5.73 Å². The third-order valence-electron chi connectivity index (χ3n) is 5.78. The van der Waals surface area contributed by atoms with Crippen molar-refractivity contribution >= 4 is 28.7 Å². The molecule has 0 saturated heterocycles. The summed E-state index contributed by atoms with van der Waals surface area (Å²) in [4.78, 5) is 14.2. The first-order chi connectivity index (χ1) is 16.5. The molecule has 0 saturated carbocycles. The number of nitrogens with one attached hydrogen (secondary N) is 1. The Morgan fingerprint density at radius 2 is 1.71 bits per heavy atom. The molecule has 0 fully saturated rings. The van der Waals surface area contributed by atoms with Crippen molar-refractivity contribution in [3.8, 4) is 11.5 Å². The Hall–Kier alpha value is -3.03. The van der Waals surface area contributed by atoms with E-state index in [9.17, 15) is 4.79 Å². The SMILES string of the molecule is Br.CCCCC(NC(C)c1cccc(OC)c1)N(C(N)=O)c1ccc(OCc2ccccc2)cc1. The van der Waals surface area contributed by atoms with Crippen LogP contribution in [0.3, 0.4) is 0 Å². The first kappa shape index (κ1) is 28.2. The molecule has 3 aromatic carbocycles. The predicted octanol–water partition coefficient (Wildman–Crippen LogP) is 6.60. The Kier molecular flexibility index (Phi) is 11.6. The van der Waals surface area contributed by atoms with E-state index < -0.39 is 6.03 Å². The highest BCUT2D eigenvalue weighted by atomic mass is 79.9. The third-order valence-corrected chi connectivity index (χ3v) is 5.78. The zero-order valence-corrected chi connectivity index (χ0v) is 22.4. The fraction of sp³-hybridized carbons (Fsp3) is 0.321.